The number of aliphatic carboxylic acids is 1. The zero-order chi connectivity index (χ0) is 19.7. The molecular weight excluding hydrogens is 356 g/mol. The number of hydrogen-bond donors (Lipinski definition) is 2. The molecular formula is C22H24N2O4. The van der Waals surface area contributed by atoms with Crippen molar-refractivity contribution in [2.24, 2.45) is 11.3 Å². The van der Waals surface area contributed by atoms with Crippen molar-refractivity contribution in [3.8, 4) is 5.75 Å². The first-order valence-electron chi connectivity index (χ1n) is 9.55. The first-order chi connectivity index (χ1) is 13.5. The van der Waals surface area contributed by atoms with Gasteiger partial charge in [-0.15, -0.1) is 0 Å². The van der Waals surface area contributed by atoms with Crippen LogP contribution in [0.3, 0.4) is 0 Å². The monoisotopic (exact) mass is 380 g/mol. The maximum absolute atomic E-state index is 13.1. The summed E-state index contributed by atoms with van der Waals surface area (Å²) in [6.45, 7) is 1.22. The topological polar surface area (TPSA) is 78.9 Å². The molecule has 1 amide bonds. The molecule has 6 nitrogen and oxygen atoms in total. The molecule has 2 aliphatic rings. The lowest BCUT2D eigenvalue weighted by atomic mass is 9.90. The zero-order valence-electron chi connectivity index (χ0n) is 15.9. The normalized spacial score (nSPS) is 19.9. The SMILES string of the molecule is COc1ccc(Nc2ccccc2C(=O)N2CCC3(CC2)CC3C(=O)O)cc1. The molecule has 0 aromatic heterocycles. The van der Waals surface area contributed by atoms with Gasteiger partial charge in [0.1, 0.15) is 5.75 Å². The third-order valence-corrected chi connectivity index (χ3v) is 6.06. The van der Waals surface area contributed by atoms with Gasteiger partial charge in [0.05, 0.1) is 24.3 Å². The van der Waals surface area contributed by atoms with Gasteiger partial charge in [-0.1, -0.05) is 12.1 Å². The smallest absolute Gasteiger partial charge is 0.307 e. The average molecular weight is 380 g/mol. The summed E-state index contributed by atoms with van der Waals surface area (Å²) < 4.78 is 5.18. The molecule has 2 N–H and O–H groups in total. The second kappa shape index (κ2) is 7.19. The van der Waals surface area contributed by atoms with E-state index in [1.165, 1.54) is 0 Å². The van der Waals surface area contributed by atoms with E-state index in [2.05, 4.69) is 5.32 Å². The van der Waals surface area contributed by atoms with E-state index in [9.17, 15) is 14.7 Å². The number of ether oxygens (including phenoxy) is 1. The van der Waals surface area contributed by atoms with Gasteiger partial charge in [-0.2, -0.15) is 0 Å². The number of benzene rings is 2. The Hall–Kier alpha value is -3.02. The predicted molar refractivity (Wildman–Crippen MR) is 106 cm³/mol. The Labute approximate surface area is 164 Å². The van der Waals surface area contributed by atoms with Crippen LogP contribution >= 0.6 is 0 Å². The molecule has 2 aromatic carbocycles. The summed E-state index contributed by atoms with van der Waals surface area (Å²) in [6.07, 6.45) is 2.29. The molecule has 2 aromatic rings. The highest BCUT2D eigenvalue weighted by Gasteiger charge is 2.59. The van der Waals surface area contributed by atoms with Gasteiger partial charge in [-0.25, -0.2) is 0 Å². The minimum absolute atomic E-state index is 0.0148. The van der Waals surface area contributed by atoms with Crippen molar-refractivity contribution in [2.75, 3.05) is 25.5 Å². The summed E-state index contributed by atoms with van der Waals surface area (Å²) >= 11 is 0. The minimum atomic E-state index is -0.700. The van der Waals surface area contributed by atoms with Gasteiger partial charge >= 0.3 is 5.97 Å². The van der Waals surface area contributed by atoms with Gasteiger partial charge in [0.15, 0.2) is 0 Å². The molecule has 0 radical (unpaired) electrons. The van der Waals surface area contributed by atoms with Gasteiger partial charge in [-0.05, 0) is 61.1 Å². The van der Waals surface area contributed by atoms with Crippen molar-refractivity contribution in [1.29, 1.82) is 0 Å². The molecule has 2 fully saturated rings. The molecule has 4 rings (SSSR count). The number of para-hydroxylation sites is 1. The molecule has 1 saturated carbocycles. The van der Waals surface area contributed by atoms with Crippen molar-refractivity contribution in [3.05, 3.63) is 54.1 Å². The van der Waals surface area contributed by atoms with E-state index >= 15 is 0 Å². The number of methoxy groups -OCH3 is 1. The third kappa shape index (κ3) is 3.42. The number of carbonyl (C=O) groups is 2. The van der Waals surface area contributed by atoms with E-state index in [4.69, 9.17) is 4.74 Å². The van der Waals surface area contributed by atoms with E-state index in [1.54, 1.807) is 7.11 Å². The number of hydrogen-bond acceptors (Lipinski definition) is 4. The zero-order valence-corrected chi connectivity index (χ0v) is 15.9. The summed E-state index contributed by atoms with van der Waals surface area (Å²) in [7, 11) is 1.62. The Balaban J connectivity index is 1.46. The van der Waals surface area contributed by atoms with Gasteiger partial charge in [-0.3, -0.25) is 9.59 Å². The predicted octanol–water partition coefficient (Wildman–Crippen LogP) is 3.77. The van der Waals surface area contributed by atoms with Crippen LogP contribution in [0.5, 0.6) is 5.75 Å². The molecule has 28 heavy (non-hydrogen) atoms. The minimum Gasteiger partial charge on any atom is -0.497 e. The quantitative estimate of drug-likeness (QED) is 0.826. The number of rotatable bonds is 5. The number of carboxylic acid groups (broad SMARTS) is 1. The van der Waals surface area contributed by atoms with Crippen molar-refractivity contribution in [2.45, 2.75) is 19.3 Å². The van der Waals surface area contributed by atoms with Gasteiger partial charge in [0.25, 0.3) is 5.91 Å². The highest BCUT2D eigenvalue weighted by Crippen LogP contribution is 2.59. The Kier molecular flexibility index (Phi) is 4.71. The summed E-state index contributed by atoms with van der Waals surface area (Å²) in [5, 5.41) is 12.6. The largest absolute Gasteiger partial charge is 0.497 e. The van der Waals surface area contributed by atoms with Crippen LogP contribution in [0.2, 0.25) is 0 Å². The molecule has 1 aliphatic heterocycles. The summed E-state index contributed by atoms with van der Waals surface area (Å²) in [5.74, 6) is -0.168. The maximum Gasteiger partial charge on any atom is 0.307 e. The maximum atomic E-state index is 13.1. The lowest BCUT2D eigenvalue weighted by Gasteiger charge is -2.33. The lowest BCUT2D eigenvalue weighted by Crippen LogP contribution is -2.40. The first-order valence-corrected chi connectivity index (χ1v) is 9.55. The van der Waals surface area contributed by atoms with E-state index in [0.717, 1.165) is 36.4 Å². The van der Waals surface area contributed by atoms with Gasteiger partial charge in [0, 0.05) is 18.8 Å². The number of amides is 1. The second-order valence-electron chi connectivity index (χ2n) is 7.65. The van der Waals surface area contributed by atoms with Crippen molar-refractivity contribution in [3.63, 3.8) is 0 Å². The number of likely N-dealkylation sites (tertiary alicyclic amines) is 1. The molecule has 1 saturated heterocycles. The fraction of sp³-hybridized carbons (Fsp3) is 0.364. The van der Waals surface area contributed by atoms with Gasteiger partial charge < -0.3 is 20.1 Å². The van der Waals surface area contributed by atoms with E-state index in [1.807, 2.05) is 53.4 Å². The number of anilines is 2. The van der Waals surface area contributed by atoms with Gasteiger partial charge in [0.2, 0.25) is 0 Å². The Morgan fingerprint density at radius 3 is 2.39 bits per heavy atom. The highest BCUT2D eigenvalue weighted by molar-refractivity contribution is 6.00. The number of carbonyl (C=O) groups excluding carboxylic acids is 1. The number of nitrogens with zero attached hydrogens (tertiary/aromatic N) is 1. The van der Waals surface area contributed by atoms with Crippen molar-refractivity contribution in [1.82, 2.24) is 4.90 Å². The summed E-state index contributed by atoms with van der Waals surface area (Å²) in [6, 6.07) is 15.0. The van der Waals surface area contributed by atoms with Crippen LogP contribution in [0.25, 0.3) is 0 Å². The van der Waals surface area contributed by atoms with Crippen LogP contribution in [0, 0.1) is 11.3 Å². The summed E-state index contributed by atoms with van der Waals surface area (Å²) in [4.78, 5) is 26.2. The average Bonchev–Trinajstić information content (AvgIpc) is 3.43. The molecule has 1 aliphatic carbocycles. The van der Waals surface area contributed by atoms with Crippen LogP contribution in [0.1, 0.15) is 29.6 Å². The van der Waals surface area contributed by atoms with Crippen LogP contribution in [-0.4, -0.2) is 42.1 Å². The molecule has 6 heteroatoms. The Morgan fingerprint density at radius 1 is 1.11 bits per heavy atom. The fourth-order valence-electron chi connectivity index (χ4n) is 4.18. The molecule has 0 bridgehead atoms. The lowest BCUT2D eigenvalue weighted by molar-refractivity contribution is -0.139. The summed E-state index contributed by atoms with van der Waals surface area (Å²) in [5.41, 5.74) is 2.18. The second-order valence-corrected chi connectivity index (χ2v) is 7.65. The van der Waals surface area contributed by atoms with Crippen LogP contribution in [0.15, 0.2) is 48.5 Å². The standard InChI is InChI=1S/C22H24N2O4/c1-28-16-8-6-15(7-9-16)23-19-5-3-2-4-17(19)20(25)24-12-10-22(11-13-24)14-18(22)21(26)27/h2-9,18,23H,10-14H2,1H3,(H,26,27). The third-order valence-electron chi connectivity index (χ3n) is 6.06. The number of carboxylic acids is 1. The highest BCUT2D eigenvalue weighted by atomic mass is 16.5. The van der Waals surface area contributed by atoms with E-state index in [0.29, 0.717) is 18.7 Å². The number of piperidine rings is 1. The molecule has 1 spiro atoms. The van der Waals surface area contributed by atoms with Crippen LogP contribution in [-0.2, 0) is 4.79 Å². The van der Waals surface area contributed by atoms with Crippen molar-refractivity contribution < 1.29 is 19.4 Å². The Bertz CT molecular complexity index is 886. The van der Waals surface area contributed by atoms with E-state index in [-0.39, 0.29) is 17.2 Å². The molecule has 1 unspecified atom stereocenters. The van der Waals surface area contributed by atoms with Crippen LogP contribution in [0.4, 0.5) is 11.4 Å². The van der Waals surface area contributed by atoms with Crippen LogP contribution < -0.4 is 10.1 Å². The molecule has 1 heterocycles. The van der Waals surface area contributed by atoms with Crippen molar-refractivity contribution >= 4 is 23.3 Å². The molecule has 146 valence electrons. The van der Waals surface area contributed by atoms with E-state index < -0.39 is 5.97 Å². The Morgan fingerprint density at radius 2 is 1.79 bits per heavy atom. The number of nitrogens with one attached hydrogen (secondary N) is 1. The first kappa shape index (κ1) is 18.3. The fourth-order valence-corrected chi connectivity index (χ4v) is 4.18. The molecule has 1 atom stereocenters.